The summed E-state index contributed by atoms with van der Waals surface area (Å²) in [5.41, 5.74) is 3.00. The van der Waals surface area contributed by atoms with Gasteiger partial charge in [-0.1, -0.05) is 69.3 Å². The highest BCUT2D eigenvalue weighted by molar-refractivity contribution is 6.30. The summed E-state index contributed by atoms with van der Waals surface area (Å²) in [5.74, 6) is 0.341. The second kappa shape index (κ2) is 11.7. The molecule has 0 unspecified atom stereocenters. The Balaban J connectivity index is 1.67. The number of imidazole rings is 1. The second-order valence-corrected chi connectivity index (χ2v) is 10.3. The Morgan fingerprint density at radius 2 is 1.66 bits per heavy atom. The van der Waals surface area contributed by atoms with Crippen LogP contribution in [0.4, 0.5) is 5.69 Å². The zero-order chi connectivity index (χ0) is 24.8. The molecule has 0 saturated carbocycles. The molecule has 1 aromatic carbocycles. The molecule has 0 saturated heterocycles. The number of aromatic nitrogens is 2. The van der Waals surface area contributed by atoms with Gasteiger partial charge in [0.05, 0.1) is 5.02 Å². The normalized spacial score (nSPS) is 15.9. The van der Waals surface area contributed by atoms with Crippen molar-refractivity contribution in [2.75, 3.05) is 18.0 Å². The Morgan fingerprint density at radius 1 is 0.943 bits per heavy atom. The smallest absolute Gasteiger partial charge is 0.274 e. The van der Waals surface area contributed by atoms with Crippen molar-refractivity contribution in [3.8, 4) is 0 Å². The van der Waals surface area contributed by atoms with Crippen molar-refractivity contribution >= 4 is 34.7 Å². The maximum absolute atomic E-state index is 13.6. The molecule has 0 fully saturated rings. The number of rotatable bonds is 3. The van der Waals surface area contributed by atoms with Crippen LogP contribution in [0.2, 0.25) is 5.02 Å². The molecule has 0 radical (unpaired) electrons. The van der Waals surface area contributed by atoms with E-state index in [1.165, 1.54) is 0 Å². The first-order valence-electron chi connectivity index (χ1n) is 12.7. The van der Waals surface area contributed by atoms with E-state index in [4.69, 9.17) is 11.6 Å². The maximum atomic E-state index is 13.6. The molecule has 7 heteroatoms. The summed E-state index contributed by atoms with van der Waals surface area (Å²) in [4.78, 5) is 35.3. The SMILES string of the molecule is CC(C)CC(=O)N1CCCCCCCCN(C(=O)c2cn3cc(Cl)ccc3n2)Cc2ccccc21. The molecule has 0 bridgehead atoms. The molecule has 2 amide bonds. The number of nitrogens with zero attached hydrogens (tertiary/aromatic N) is 4. The number of amides is 2. The second-order valence-electron chi connectivity index (χ2n) is 9.86. The number of para-hydroxylation sites is 1. The van der Waals surface area contributed by atoms with Gasteiger partial charge >= 0.3 is 0 Å². The van der Waals surface area contributed by atoms with Gasteiger partial charge in [-0.15, -0.1) is 0 Å². The average Bonchev–Trinajstić information content (AvgIpc) is 3.25. The molecule has 35 heavy (non-hydrogen) atoms. The first-order valence-corrected chi connectivity index (χ1v) is 13.1. The van der Waals surface area contributed by atoms with Crippen LogP contribution in [0, 0.1) is 5.92 Å². The molecule has 1 aliphatic rings. The van der Waals surface area contributed by atoms with E-state index in [-0.39, 0.29) is 11.8 Å². The van der Waals surface area contributed by atoms with Crippen LogP contribution in [0.1, 0.15) is 74.8 Å². The van der Waals surface area contributed by atoms with Crippen LogP contribution in [0.25, 0.3) is 5.65 Å². The lowest BCUT2D eigenvalue weighted by Gasteiger charge is -2.28. The van der Waals surface area contributed by atoms with Gasteiger partial charge in [0.25, 0.3) is 5.91 Å². The number of hydrogen-bond acceptors (Lipinski definition) is 3. The lowest BCUT2D eigenvalue weighted by atomic mass is 10.1. The van der Waals surface area contributed by atoms with E-state index in [1.807, 2.05) is 40.1 Å². The van der Waals surface area contributed by atoms with E-state index in [9.17, 15) is 9.59 Å². The van der Waals surface area contributed by atoms with Crippen LogP contribution in [0.3, 0.4) is 0 Å². The quantitative estimate of drug-likeness (QED) is 0.425. The molecule has 6 nitrogen and oxygen atoms in total. The average molecular weight is 495 g/mol. The van der Waals surface area contributed by atoms with Gasteiger partial charge in [0.15, 0.2) is 0 Å². The number of halogens is 1. The molecule has 0 spiro atoms. The zero-order valence-electron chi connectivity index (χ0n) is 20.8. The number of anilines is 1. The summed E-state index contributed by atoms with van der Waals surface area (Å²) >= 11 is 6.12. The van der Waals surface area contributed by atoms with Gasteiger partial charge in [0.1, 0.15) is 11.3 Å². The molecule has 0 atom stereocenters. The Kier molecular flexibility index (Phi) is 8.45. The number of hydrogen-bond donors (Lipinski definition) is 0. The maximum Gasteiger partial charge on any atom is 0.274 e. The molecule has 3 heterocycles. The first kappa shape index (κ1) is 25.2. The summed E-state index contributed by atoms with van der Waals surface area (Å²) in [6, 6.07) is 11.6. The lowest BCUT2D eigenvalue weighted by Crippen LogP contribution is -2.35. The van der Waals surface area contributed by atoms with Crippen molar-refractivity contribution in [2.45, 2.75) is 65.3 Å². The van der Waals surface area contributed by atoms with E-state index < -0.39 is 0 Å². The van der Waals surface area contributed by atoms with E-state index in [2.05, 4.69) is 18.8 Å². The number of carbonyl (C=O) groups is 2. The zero-order valence-corrected chi connectivity index (χ0v) is 21.5. The first-order chi connectivity index (χ1) is 16.9. The number of fused-ring (bicyclic) bond motifs is 2. The van der Waals surface area contributed by atoms with Crippen LogP contribution in [-0.2, 0) is 11.3 Å². The van der Waals surface area contributed by atoms with Crippen molar-refractivity contribution in [2.24, 2.45) is 5.92 Å². The predicted octanol–water partition coefficient (Wildman–Crippen LogP) is 6.36. The van der Waals surface area contributed by atoms with Gasteiger partial charge in [-0.3, -0.25) is 9.59 Å². The highest BCUT2D eigenvalue weighted by Crippen LogP contribution is 2.26. The highest BCUT2D eigenvalue weighted by atomic mass is 35.5. The number of benzene rings is 1. The molecule has 3 aromatic rings. The molecule has 1 aliphatic heterocycles. The Hall–Kier alpha value is -2.86. The third-order valence-corrected chi connectivity index (χ3v) is 6.73. The van der Waals surface area contributed by atoms with Crippen LogP contribution >= 0.6 is 11.6 Å². The van der Waals surface area contributed by atoms with Gasteiger partial charge in [-0.05, 0) is 42.5 Å². The molecule has 0 N–H and O–H groups in total. The Labute approximate surface area is 212 Å². The van der Waals surface area contributed by atoms with E-state index in [1.54, 1.807) is 22.9 Å². The van der Waals surface area contributed by atoms with Crippen molar-refractivity contribution < 1.29 is 9.59 Å². The summed E-state index contributed by atoms with van der Waals surface area (Å²) in [7, 11) is 0. The summed E-state index contributed by atoms with van der Waals surface area (Å²) in [5, 5.41) is 0.594. The minimum atomic E-state index is -0.102. The van der Waals surface area contributed by atoms with Crippen molar-refractivity contribution in [3.63, 3.8) is 0 Å². The minimum absolute atomic E-state index is 0.102. The largest absolute Gasteiger partial charge is 0.333 e. The van der Waals surface area contributed by atoms with Gasteiger partial charge in [-0.25, -0.2) is 4.98 Å². The lowest BCUT2D eigenvalue weighted by molar-refractivity contribution is -0.119. The van der Waals surface area contributed by atoms with Crippen LogP contribution < -0.4 is 4.90 Å². The minimum Gasteiger partial charge on any atom is -0.333 e. The third-order valence-electron chi connectivity index (χ3n) is 6.51. The molecule has 4 rings (SSSR count). The van der Waals surface area contributed by atoms with Crippen LogP contribution in [0.15, 0.2) is 48.8 Å². The third kappa shape index (κ3) is 6.43. The fourth-order valence-corrected chi connectivity index (χ4v) is 4.88. The summed E-state index contributed by atoms with van der Waals surface area (Å²) in [6.45, 7) is 5.96. The van der Waals surface area contributed by atoms with Crippen LogP contribution in [-0.4, -0.2) is 39.2 Å². The van der Waals surface area contributed by atoms with Gasteiger partial charge in [0.2, 0.25) is 5.91 Å². The monoisotopic (exact) mass is 494 g/mol. The number of pyridine rings is 1. The molecular formula is C28H35ClN4O2. The van der Waals surface area contributed by atoms with Crippen molar-refractivity contribution in [3.05, 3.63) is 65.1 Å². The standard InChI is InChI=1S/C28H35ClN4O2/c1-21(2)17-27(34)33-16-10-6-4-3-5-9-15-31(18-22-11-7-8-12-25(22)33)28(35)24-20-32-19-23(29)13-14-26(32)30-24/h7-8,11-14,19-21H,3-6,9-10,15-18H2,1-2H3. The van der Waals surface area contributed by atoms with Crippen LogP contribution in [0.5, 0.6) is 0 Å². The predicted molar refractivity (Wildman–Crippen MR) is 141 cm³/mol. The Bertz CT molecular complexity index is 1170. The van der Waals surface area contributed by atoms with Gasteiger partial charge in [0, 0.05) is 44.1 Å². The highest BCUT2D eigenvalue weighted by Gasteiger charge is 2.24. The fourth-order valence-electron chi connectivity index (χ4n) is 4.71. The van der Waals surface area contributed by atoms with Crippen molar-refractivity contribution in [1.29, 1.82) is 0 Å². The summed E-state index contributed by atoms with van der Waals surface area (Å²) < 4.78 is 1.79. The van der Waals surface area contributed by atoms with Gasteiger partial charge in [-0.2, -0.15) is 0 Å². The van der Waals surface area contributed by atoms with E-state index >= 15 is 0 Å². The fraction of sp³-hybridized carbons (Fsp3) is 0.464. The molecule has 0 aliphatic carbocycles. The van der Waals surface area contributed by atoms with Crippen molar-refractivity contribution in [1.82, 2.24) is 14.3 Å². The van der Waals surface area contributed by atoms with Gasteiger partial charge < -0.3 is 14.2 Å². The molecule has 2 aromatic heterocycles. The van der Waals surface area contributed by atoms with E-state index in [0.29, 0.717) is 48.3 Å². The van der Waals surface area contributed by atoms with E-state index in [0.717, 1.165) is 49.8 Å². The topological polar surface area (TPSA) is 57.9 Å². The molecular weight excluding hydrogens is 460 g/mol. The Morgan fingerprint density at radius 3 is 2.43 bits per heavy atom. The number of carbonyl (C=O) groups excluding carboxylic acids is 2. The summed E-state index contributed by atoms with van der Waals surface area (Å²) in [6.07, 6.45) is 10.4. The molecule has 186 valence electrons.